The van der Waals surface area contributed by atoms with Crippen molar-refractivity contribution in [1.82, 2.24) is 9.88 Å². The molecule has 1 aromatic heterocycles. The quantitative estimate of drug-likeness (QED) is 0.608. The Bertz CT molecular complexity index is 1280. The predicted molar refractivity (Wildman–Crippen MR) is 128 cm³/mol. The van der Waals surface area contributed by atoms with Crippen LogP contribution >= 0.6 is 0 Å². The first-order chi connectivity index (χ1) is 16.5. The van der Waals surface area contributed by atoms with Gasteiger partial charge in [0.25, 0.3) is 0 Å². The summed E-state index contributed by atoms with van der Waals surface area (Å²) in [6.07, 6.45) is 4.05. The number of benzene rings is 2. The van der Waals surface area contributed by atoms with Crippen molar-refractivity contribution in [2.24, 2.45) is 11.1 Å². The molecule has 0 radical (unpaired) electrons. The fourth-order valence-electron chi connectivity index (χ4n) is 5.48. The van der Waals surface area contributed by atoms with Gasteiger partial charge in [0.1, 0.15) is 23.9 Å². The number of nitrogens with zero attached hydrogens (tertiary/aromatic N) is 2. The van der Waals surface area contributed by atoms with Gasteiger partial charge < -0.3 is 19.9 Å². The number of carbonyl (C=O) groups excluding carboxylic acids is 1. The number of ether oxygens (including phenoxy) is 1. The molecule has 3 aliphatic rings. The summed E-state index contributed by atoms with van der Waals surface area (Å²) in [6.45, 7) is 4.73. The number of amides is 1. The van der Waals surface area contributed by atoms with Gasteiger partial charge in [0, 0.05) is 47.9 Å². The molecule has 0 aliphatic carbocycles. The third-order valence-electron chi connectivity index (χ3n) is 7.22. The van der Waals surface area contributed by atoms with Gasteiger partial charge in [0.15, 0.2) is 6.10 Å². The van der Waals surface area contributed by atoms with Gasteiger partial charge in [-0.25, -0.2) is 4.39 Å². The highest BCUT2D eigenvalue weighted by Crippen LogP contribution is 2.37. The molecule has 2 aromatic carbocycles. The van der Waals surface area contributed by atoms with Crippen molar-refractivity contribution in [1.29, 1.82) is 0 Å². The van der Waals surface area contributed by atoms with Crippen molar-refractivity contribution in [3.05, 3.63) is 59.5 Å². The molecule has 34 heavy (non-hydrogen) atoms. The number of fused-ring (bicyclic) bond motifs is 4. The number of carbonyl (C=O) groups is 1. The van der Waals surface area contributed by atoms with Crippen molar-refractivity contribution in [2.45, 2.75) is 31.8 Å². The van der Waals surface area contributed by atoms with Crippen molar-refractivity contribution < 1.29 is 18.8 Å². The van der Waals surface area contributed by atoms with E-state index in [2.05, 4.69) is 20.4 Å². The zero-order valence-electron chi connectivity index (χ0n) is 19.0. The first-order valence-electron chi connectivity index (χ1n) is 11.8. The second-order valence-corrected chi connectivity index (χ2v) is 9.44. The summed E-state index contributed by atoms with van der Waals surface area (Å²) in [5, 5.41) is 8.20. The van der Waals surface area contributed by atoms with Crippen molar-refractivity contribution in [3.8, 4) is 5.75 Å². The molecule has 2 atom stereocenters. The van der Waals surface area contributed by atoms with E-state index in [1.807, 2.05) is 30.5 Å². The molecule has 0 bridgehead atoms. The zero-order valence-corrected chi connectivity index (χ0v) is 19.0. The standard InChI is InChI=1S/C26H27FN4O3/c1-15(32)29-18-3-4-19-24(11-18)33-14-22-25(34-30-26(19)22)13-31-8-6-16(7-9-31)21-12-28-23-5-2-17(27)10-20(21)23/h2-5,10-12,16,22,25,28H,6-9,13-14H2,1H3,(H,29,32). The lowest BCUT2D eigenvalue weighted by atomic mass is 9.87. The Morgan fingerprint density at radius 2 is 2.09 bits per heavy atom. The summed E-state index contributed by atoms with van der Waals surface area (Å²) in [4.78, 5) is 22.9. The van der Waals surface area contributed by atoms with E-state index in [9.17, 15) is 9.18 Å². The molecule has 8 heteroatoms. The van der Waals surface area contributed by atoms with Gasteiger partial charge in [0.05, 0.1) is 5.92 Å². The molecule has 1 amide bonds. The van der Waals surface area contributed by atoms with E-state index in [0.717, 1.165) is 60.4 Å². The average Bonchev–Trinajstić information content (AvgIpc) is 3.43. The maximum atomic E-state index is 13.8. The number of piperidine rings is 1. The highest BCUT2D eigenvalue weighted by atomic mass is 19.1. The lowest BCUT2D eigenvalue weighted by molar-refractivity contribution is -0.114. The van der Waals surface area contributed by atoms with Crippen LogP contribution in [0.1, 0.15) is 36.8 Å². The number of nitrogens with one attached hydrogen (secondary N) is 2. The van der Waals surface area contributed by atoms with Crippen LogP contribution in [0.5, 0.6) is 5.75 Å². The Morgan fingerprint density at radius 1 is 1.24 bits per heavy atom. The zero-order chi connectivity index (χ0) is 23.2. The Hall–Kier alpha value is -3.39. The number of hydrogen-bond acceptors (Lipinski definition) is 5. The van der Waals surface area contributed by atoms with Crippen LogP contribution in [-0.2, 0) is 9.63 Å². The Balaban J connectivity index is 1.09. The SMILES string of the molecule is CC(=O)Nc1ccc2c(c1)OCC1C2=NOC1CN1CCC(c2c[nH]c3ccc(F)cc23)CC1. The van der Waals surface area contributed by atoms with Crippen LogP contribution < -0.4 is 10.1 Å². The van der Waals surface area contributed by atoms with Crippen molar-refractivity contribution >= 4 is 28.2 Å². The molecule has 7 nitrogen and oxygen atoms in total. The van der Waals surface area contributed by atoms with Crippen LogP contribution in [-0.4, -0.2) is 53.8 Å². The van der Waals surface area contributed by atoms with E-state index in [4.69, 9.17) is 9.57 Å². The monoisotopic (exact) mass is 462 g/mol. The maximum Gasteiger partial charge on any atom is 0.221 e. The molecular weight excluding hydrogens is 435 g/mol. The summed E-state index contributed by atoms with van der Waals surface area (Å²) < 4.78 is 19.8. The fourth-order valence-corrected chi connectivity index (χ4v) is 5.48. The van der Waals surface area contributed by atoms with Gasteiger partial charge in [-0.15, -0.1) is 0 Å². The topological polar surface area (TPSA) is 79.0 Å². The van der Waals surface area contributed by atoms with Gasteiger partial charge in [-0.3, -0.25) is 9.69 Å². The fraction of sp³-hybridized carbons (Fsp3) is 0.385. The lowest BCUT2D eigenvalue weighted by Gasteiger charge is -2.34. The van der Waals surface area contributed by atoms with Gasteiger partial charge in [-0.2, -0.15) is 0 Å². The second kappa shape index (κ2) is 8.43. The summed E-state index contributed by atoms with van der Waals surface area (Å²) in [5.41, 5.74) is 4.77. The van der Waals surface area contributed by atoms with E-state index >= 15 is 0 Å². The molecule has 176 valence electrons. The van der Waals surface area contributed by atoms with Crippen LogP contribution in [0.25, 0.3) is 10.9 Å². The Kier molecular flexibility index (Phi) is 5.25. The molecule has 6 rings (SSSR count). The van der Waals surface area contributed by atoms with Crippen LogP contribution in [0, 0.1) is 11.7 Å². The van der Waals surface area contributed by atoms with E-state index in [1.54, 1.807) is 6.07 Å². The van der Waals surface area contributed by atoms with E-state index < -0.39 is 0 Å². The molecule has 2 N–H and O–H groups in total. The number of rotatable bonds is 4. The molecule has 1 saturated heterocycles. The number of halogens is 1. The van der Waals surface area contributed by atoms with Crippen molar-refractivity contribution in [2.75, 3.05) is 31.6 Å². The second-order valence-electron chi connectivity index (χ2n) is 9.44. The van der Waals surface area contributed by atoms with Gasteiger partial charge >= 0.3 is 0 Å². The molecular formula is C26H27FN4O3. The molecule has 1 fully saturated rings. The largest absolute Gasteiger partial charge is 0.492 e. The number of anilines is 1. The van der Waals surface area contributed by atoms with E-state index in [-0.39, 0.29) is 23.7 Å². The molecule has 3 aromatic rings. The summed E-state index contributed by atoms with van der Waals surface area (Å²) in [7, 11) is 0. The number of hydrogen-bond donors (Lipinski definition) is 2. The normalized spacial score (nSPS) is 22.5. The Morgan fingerprint density at radius 3 is 2.91 bits per heavy atom. The molecule has 2 unspecified atom stereocenters. The van der Waals surface area contributed by atoms with E-state index in [0.29, 0.717) is 18.2 Å². The number of aromatic nitrogens is 1. The maximum absolute atomic E-state index is 13.8. The third-order valence-corrected chi connectivity index (χ3v) is 7.22. The number of H-pyrrole nitrogens is 1. The Labute approximate surface area is 196 Å². The number of likely N-dealkylation sites (tertiary alicyclic amines) is 1. The summed E-state index contributed by atoms with van der Waals surface area (Å²) in [6, 6.07) is 10.6. The van der Waals surface area contributed by atoms with Crippen LogP contribution in [0.4, 0.5) is 10.1 Å². The van der Waals surface area contributed by atoms with Gasteiger partial charge in [-0.1, -0.05) is 5.16 Å². The predicted octanol–water partition coefficient (Wildman–Crippen LogP) is 4.26. The summed E-state index contributed by atoms with van der Waals surface area (Å²) >= 11 is 0. The number of oxime groups is 1. The first-order valence-corrected chi connectivity index (χ1v) is 11.8. The van der Waals surface area contributed by atoms with Crippen molar-refractivity contribution in [3.63, 3.8) is 0 Å². The third kappa shape index (κ3) is 3.81. The molecule has 3 aliphatic heterocycles. The minimum atomic E-state index is -0.192. The van der Waals surface area contributed by atoms with Crippen LogP contribution in [0.2, 0.25) is 0 Å². The highest BCUT2D eigenvalue weighted by Gasteiger charge is 2.41. The highest BCUT2D eigenvalue weighted by molar-refractivity contribution is 6.06. The minimum Gasteiger partial charge on any atom is -0.492 e. The number of aromatic amines is 1. The minimum absolute atomic E-state index is 0.0445. The van der Waals surface area contributed by atoms with Gasteiger partial charge in [0.2, 0.25) is 5.91 Å². The smallest absolute Gasteiger partial charge is 0.221 e. The molecule has 0 saturated carbocycles. The lowest BCUT2D eigenvalue weighted by Crippen LogP contribution is -2.43. The molecule has 0 spiro atoms. The summed E-state index contributed by atoms with van der Waals surface area (Å²) in [5.74, 6) is 0.930. The first kappa shape index (κ1) is 21.2. The van der Waals surface area contributed by atoms with Crippen LogP contribution in [0.15, 0.2) is 47.8 Å². The van der Waals surface area contributed by atoms with Crippen LogP contribution in [0.3, 0.4) is 0 Å². The molecule has 4 heterocycles. The average molecular weight is 463 g/mol. The van der Waals surface area contributed by atoms with Gasteiger partial charge in [-0.05, 0) is 67.7 Å². The van der Waals surface area contributed by atoms with E-state index in [1.165, 1.54) is 18.6 Å².